The van der Waals surface area contributed by atoms with Crippen LogP contribution < -0.4 is 10.5 Å². The third-order valence-corrected chi connectivity index (χ3v) is 7.63. The minimum atomic E-state index is -1.15. The van der Waals surface area contributed by atoms with Gasteiger partial charge in [0.05, 0.1) is 8.07 Å². The van der Waals surface area contributed by atoms with Gasteiger partial charge in [0, 0.05) is 17.8 Å². The predicted molar refractivity (Wildman–Crippen MR) is 95.8 cm³/mol. The summed E-state index contributed by atoms with van der Waals surface area (Å²) in [5, 5.41) is 6.21. The van der Waals surface area contributed by atoms with E-state index in [9.17, 15) is 0 Å². The third kappa shape index (κ3) is 4.64. The van der Waals surface area contributed by atoms with Gasteiger partial charge in [-0.05, 0) is 37.5 Å². The van der Waals surface area contributed by atoms with Crippen LogP contribution in [0.3, 0.4) is 0 Å². The lowest BCUT2D eigenvalue weighted by Gasteiger charge is -2.28. The van der Waals surface area contributed by atoms with Crippen molar-refractivity contribution in [3.63, 3.8) is 0 Å². The first-order valence-electron chi connectivity index (χ1n) is 7.84. The Kier molecular flexibility index (Phi) is 5.76. The second-order valence-corrected chi connectivity index (χ2v) is 13.3. The molecule has 1 aliphatic rings. The van der Waals surface area contributed by atoms with Gasteiger partial charge < -0.3 is 5.32 Å². The molecule has 1 nitrogen and oxygen atoms in total. The fourth-order valence-corrected chi connectivity index (χ4v) is 4.80. The van der Waals surface area contributed by atoms with Crippen LogP contribution in [0.5, 0.6) is 0 Å². The van der Waals surface area contributed by atoms with E-state index in [1.54, 1.807) is 5.19 Å². The van der Waals surface area contributed by atoms with E-state index in [0.29, 0.717) is 0 Å². The average molecular weight is 308 g/mol. The van der Waals surface area contributed by atoms with E-state index in [4.69, 9.17) is 0 Å². The fourth-order valence-electron chi connectivity index (χ4n) is 2.89. The zero-order chi connectivity index (χ0) is 14.6. The van der Waals surface area contributed by atoms with Crippen LogP contribution >= 0.6 is 11.8 Å². The van der Waals surface area contributed by atoms with Crippen molar-refractivity contribution < 1.29 is 0 Å². The Labute approximate surface area is 129 Å². The first-order chi connectivity index (χ1) is 9.49. The molecule has 0 atom stereocenters. The Morgan fingerprint density at radius 1 is 1.05 bits per heavy atom. The van der Waals surface area contributed by atoms with Gasteiger partial charge in [-0.15, -0.1) is 0 Å². The molecule has 1 N–H and O–H groups in total. The molecule has 112 valence electrons. The van der Waals surface area contributed by atoms with Crippen molar-refractivity contribution in [3.05, 3.63) is 29.8 Å². The average Bonchev–Trinajstić information content (AvgIpc) is 2.45. The molecule has 1 aromatic carbocycles. The molecule has 0 aromatic heterocycles. The smallest absolute Gasteiger partial charge is 0.0775 e. The maximum absolute atomic E-state index is 3.74. The standard InChI is InChI=1S/C17H29NSSi/c1-19-16-9-7-15(8-10-16)18-13-14-5-11-17(12-6-14)20(2,3)4/h5-6,11-12,15-16,18H,7-10,13H2,1-4H3. The maximum Gasteiger partial charge on any atom is 0.0775 e. The van der Waals surface area contributed by atoms with Crippen LogP contribution in [0.25, 0.3) is 0 Å². The van der Waals surface area contributed by atoms with Crippen molar-refractivity contribution in [2.45, 2.75) is 63.2 Å². The minimum absolute atomic E-state index is 0.732. The lowest BCUT2D eigenvalue weighted by atomic mass is 9.95. The van der Waals surface area contributed by atoms with Crippen LogP contribution in [-0.2, 0) is 6.54 Å². The van der Waals surface area contributed by atoms with Gasteiger partial charge in [0.2, 0.25) is 0 Å². The maximum atomic E-state index is 3.74. The van der Waals surface area contributed by atoms with Gasteiger partial charge >= 0.3 is 0 Å². The summed E-state index contributed by atoms with van der Waals surface area (Å²) in [6, 6.07) is 10.0. The van der Waals surface area contributed by atoms with Crippen LogP contribution in [0, 0.1) is 0 Å². The summed E-state index contributed by atoms with van der Waals surface area (Å²) in [6.45, 7) is 8.25. The Morgan fingerprint density at radius 3 is 2.15 bits per heavy atom. The molecular formula is C17H29NSSi. The van der Waals surface area contributed by atoms with E-state index >= 15 is 0 Å². The van der Waals surface area contributed by atoms with Crippen molar-refractivity contribution in [1.82, 2.24) is 5.32 Å². The monoisotopic (exact) mass is 307 g/mol. The summed E-state index contributed by atoms with van der Waals surface area (Å²) >= 11 is 2.04. The van der Waals surface area contributed by atoms with Crippen LogP contribution in [-0.4, -0.2) is 25.6 Å². The Hall–Kier alpha value is -0.253. The Balaban J connectivity index is 1.80. The number of nitrogens with one attached hydrogen (secondary N) is 1. The van der Waals surface area contributed by atoms with Crippen LogP contribution in [0.15, 0.2) is 24.3 Å². The summed E-state index contributed by atoms with van der Waals surface area (Å²) in [7, 11) is -1.15. The largest absolute Gasteiger partial charge is 0.310 e. The highest BCUT2D eigenvalue weighted by atomic mass is 32.2. The molecule has 0 unspecified atom stereocenters. The molecule has 0 heterocycles. The highest BCUT2D eigenvalue weighted by Gasteiger charge is 2.20. The second-order valence-electron chi connectivity index (χ2n) is 7.04. The molecule has 0 saturated heterocycles. The van der Waals surface area contributed by atoms with Gasteiger partial charge in [-0.25, -0.2) is 0 Å². The number of hydrogen-bond acceptors (Lipinski definition) is 2. The van der Waals surface area contributed by atoms with Gasteiger partial charge in [-0.3, -0.25) is 0 Å². The lowest BCUT2D eigenvalue weighted by Crippen LogP contribution is -2.37. The zero-order valence-corrected chi connectivity index (χ0v) is 15.2. The molecule has 0 bridgehead atoms. The third-order valence-electron chi connectivity index (χ3n) is 4.42. The lowest BCUT2D eigenvalue weighted by molar-refractivity contribution is 0.379. The predicted octanol–water partition coefficient (Wildman–Crippen LogP) is 4.00. The first kappa shape index (κ1) is 16.1. The van der Waals surface area contributed by atoms with Gasteiger partial charge in [-0.1, -0.05) is 49.1 Å². The second kappa shape index (κ2) is 7.14. The van der Waals surface area contributed by atoms with Gasteiger partial charge in [0.15, 0.2) is 0 Å². The van der Waals surface area contributed by atoms with Crippen molar-refractivity contribution in [2.75, 3.05) is 6.26 Å². The molecule has 1 aromatic rings. The Morgan fingerprint density at radius 2 is 1.65 bits per heavy atom. The molecule has 2 rings (SSSR count). The van der Waals surface area contributed by atoms with Crippen molar-refractivity contribution >= 4 is 25.0 Å². The molecular weight excluding hydrogens is 278 g/mol. The van der Waals surface area contributed by atoms with E-state index in [-0.39, 0.29) is 0 Å². The summed E-state index contributed by atoms with van der Waals surface area (Å²) in [6.07, 6.45) is 7.70. The SMILES string of the molecule is CSC1CCC(NCc2ccc([Si](C)(C)C)cc2)CC1. The van der Waals surface area contributed by atoms with E-state index in [0.717, 1.165) is 17.8 Å². The van der Waals surface area contributed by atoms with E-state index in [2.05, 4.69) is 55.5 Å². The van der Waals surface area contributed by atoms with Crippen molar-refractivity contribution in [1.29, 1.82) is 0 Å². The topological polar surface area (TPSA) is 12.0 Å². The normalized spacial score (nSPS) is 23.8. The highest BCUT2D eigenvalue weighted by molar-refractivity contribution is 7.99. The highest BCUT2D eigenvalue weighted by Crippen LogP contribution is 2.26. The van der Waals surface area contributed by atoms with Crippen molar-refractivity contribution in [3.8, 4) is 0 Å². The quantitative estimate of drug-likeness (QED) is 0.825. The first-order valence-corrected chi connectivity index (χ1v) is 12.6. The molecule has 0 amide bonds. The van der Waals surface area contributed by atoms with E-state index in [1.807, 2.05) is 11.8 Å². The summed E-state index contributed by atoms with van der Waals surface area (Å²) in [5.41, 5.74) is 1.43. The summed E-state index contributed by atoms with van der Waals surface area (Å²) < 4.78 is 0. The molecule has 3 heteroatoms. The molecule has 0 radical (unpaired) electrons. The summed E-state index contributed by atoms with van der Waals surface area (Å²) in [4.78, 5) is 0. The molecule has 0 spiro atoms. The van der Waals surface area contributed by atoms with Crippen LogP contribution in [0.1, 0.15) is 31.2 Å². The number of thioether (sulfide) groups is 1. The molecule has 1 fully saturated rings. The summed E-state index contributed by atoms with van der Waals surface area (Å²) in [5.74, 6) is 0. The number of rotatable bonds is 5. The van der Waals surface area contributed by atoms with Gasteiger partial charge in [0.25, 0.3) is 0 Å². The number of hydrogen-bond donors (Lipinski definition) is 1. The molecule has 0 aliphatic heterocycles. The molecule has 1 aliphatic carbocycles. The van der Waals surface area contributed by atoms with Gasteiger partial charge in [-0.2, -0.15) is 11.8 Å². The van der Waals surface area contributed by atoms with E-state index < -0.39 is 8.07 Å². The fraction of sp³-hybridized carbons (Fsp3) is 0.647. The van der Waals surface area contributed by atoms with E-state index in [1.165, 1.54) is 31.2 Å². The Bertz CT molecular complexity index is 402. The van der Waals surface area contributed by atoms with Crippen molar-refractivity contribution in [2.24, 2.45) is 0 Å². The number of benzene rings is 1. The minimum Gasteiger partial charge on any atom is -0.310 e. The zero-order valence-electron chi connectivity index (χ0n) is 13.4. The van der Waals surface area contributed by atoms with Gasteiger partial charge in [0.1, 0.15) is 0 Å². The molecule has 1 saturated carbocycles. The van der Waals surface area contributed by atoms with Crippen LogP contribution in [0.4, 0.5) is 0 Å². The molecule has 20 heavy (non-hydrogen) atoms. The van der Waals surface area contributed by atoms with Crippen LogP contribution in [0.2, 0.25) is 19.6 Å².